The van der Waals surface area contributed by atoms with Crippen molar-refractivity contribution in [2.75, 3.05) is 5.32 Å². The fraction of sp³-hybridized carbons (Fsp3) is 0.227. The van der Waals surface area contributed by atoms with Crippen molar-refractivity contribution in [1.29, 1.82) is 0 Å². The van der Waals surface area contributed by atoms with E-state index in [1.54, 1.807) is 24.3 Å². The van der Waals surface area contributed by atoms with Gasteiger partial charge in [0.2, 0.25) is 0 Å². The van der Waals surface area contributed by atoms with E-state index in [2.05, 4.69) is 17.6 Å². The highest BCUT2D eigenvalue weighted by Gasteiger charge is 2.27. The zero-order chi connectivity index (χ0) is 23.0. The van der Waals surface area contributed by atoms with Crippen LogP contribution in [0.3, 0.4) is 0 Å². The summed E-state index contributed by atoms with van der Waals surface area (Å²) in [5.74, 6) is 0.0497. The second-order valence-corrected chi connectivity index (χ2v) is 9.95. The standard InChI is InChI=1S/C22H19Cl2N3O3S2/c1-10-2-4-12-17(8-10)32-21(18(12)19(25)28)27-22(31)26-20(29)16-7-6-15(30-16)11-3-5-13(23)14(24)9-11/h3,5-7,9-10H,2,4,8H2,1H3,(H2,25,28)(H2,26,27,29,31)/t10-/m1/s1. The molecule has 6 nitrogen and oxygen atoms in total. The Bertz CT molecular complexity index is 1240. The van der Waals surface area contributed by atoms with Crippen LogP contribution in [-0.4, -0.2) is 16.9 Å². The van der Waals surface area contributed by atoms with Crippen molar-refractivity contribution in [3.8, 4) is 11.3 Å². The minimum atomic E-state index is -0.524. The largest absolute Gasteiger partial charge is 0.451 e. The summed E-state index contributed by atoms with van der Waals surface area (Å²) in [6.45, 7) is 2.18. The lowest BCUT2D eigenvalue weighted by Crippen LogP contribution is -2.34. The Kier molecular flexibility index (Phi) is 6.57. The molecule has 2 heterocycles. The zero-order valence-electron chi connectivity index (χ0n) is 17.0. The van der Waals surface area contributed by atoms with E-state index in [4.69, 9.17) is 45.6 Å². The van der Waals surface area contributed by atoms with Gasteiger partial charge in [0.15, 0.2) is 10.9 Å². The first-order valence-electron chi connectivity index (χ1n) is 9.85. The van der Waals surface area contributed by atoms with E-state index in [0.29, 0.717) is 37.9 Å². The molecule has 3 aromatic rings. The van der Waals surface area contributed by atoms with Crippen molar-refractivity contribution in [2.45, 2.75) is 26.2 Å². The van der Waals surface area contributed by atoms with Crippen LogP contribution in [0, 0.1) is 5.92 Å². The van der Waals surface area contributed by atoms with Gasteiger partial charge in [-0.2, -0.15) is 0 Å². The molecule has 32 heavy (non-hydrogen) atoms. The molecule has 1 aliphatic rings. The number of carbonyl (C=O) groups excluding carboxylic acids is 2. The third-order valence-electron chi connectivity index (χ3n) is 5.25. The molecule has 0 unspecified atom stereocenters. The number of halogens is 2. The number of thiophene rings is 1. The second kappa shape index (κ2) is 9.23. The van der Waals surface area contributed by atoms with E-state index in [1.807, 2.05) is 0 Å². The monoisotopic (exact) mass is 507 g/mol. The molecule has 0 radical (unpaired) electrons. The SMILES string of the molecule is C[C@@H]1CCc2c(sc(NC(=S)NC(=O)c3ccc(-c4ccc(Cl)c(Cl)c4)o3)c2C(N)=O)C1. The highest BCUT2D eigenvalue weighted by atomic mass is 35.5. The lowest BCUT2D eigenvalue weighted by Gasteiger charge is -2.18. The van der Waals surface area contributed by atoms with Crippen LogP contribution >= 0.6 is 46.8 Å². The highest BCUT2D eigenvalue weighted by Crippen LogP contribution is 2.39. The predicted molar refractivity (Wildman–Crippen MR) is 132 cm³/mol. The Labute approximate surface area is 204 Å². The highest BCUT2D eigenvalue weighted by molar-refractivity contribution is 7.80. The number of benzene rings is 1. The van der Waals surface area contributed by atoms with Crippen LogP contribution in [0.25, 0.3) is 11.3 Å². The van der Waals surface area contributed by atoms with Gasteiger partial charge in [0, 0.05) is 10.4 Å². The Hall–Kier alpha value is -2.39. The average Bonchev–Trinajstić information content (AvgIpc) is 3.34. The Morgan fingerprint density at radius 1 is 1.22 bits per heavy atom. The molecule has 0 aliphatic heterocycles. The van der Waals surface area contributed by atoms with Crippen molar-refractivity contribution >= 4 is 68.7 Å². The first kappa shape index (κ1) is 22.8. The minimum absolute atomic E-state index is 0.0524. The number of fused-ring (bicyclic) bond motifs is 1. The van der Waals surface area contributed by atoms with Gasteiger partial charge in [-0.3, -0.25) is 14.9 Å². The number of rotatable bonds is 4. The molecule has 166 valence electrons. The molecule has 0 fully saturated rings. The normalized spacial score (nSPS) is 15.2. The van der Waals surface area contributed by atoms with E-state index in [9.17, 15) is 9.59 Å². The van der Waals surface area contributed by atoms with Gasteiger partial charge >= 0.3 is 0 Å². The second-order valence-electron chi connectivity index (χ2n) is 7.62. The molecule has 1 aliphatic carbocycles. The van der Waals surface area contributed by atoms with E-state index >= 15 is 0 Å². The van der Waals surface area contributed by atoms with Crippen LogP contribution in [0.15, 0.2) is 34.7 Å². The Morgan fingerprint density at radius 3 is 2.72 bits per heavy atom. The van der Waals surface area contributed by atoms with Crippen molar-refractivity contribution in [3.63, 3.8) is 0 Å². The molecule has 0 saturated carbocycles. The number of hydrogen-bond acceptors (Lipinski definition) is 5. The van der Waals surface area contributed by atoms with Crippen LogP contribution in [-0.2, 0) is 12.8 Å². The maximum absolute atomic E-state index is 12.6. The number of anilines is 1. The molecule has 2 amide bonds. The number of nitrogens with one attached hydrogen (secondary N) is 2. The molecular weight excluding hydrogens is 489 g/mol. The summed E-state index contributed by atoms with van der Waals surface area (Å²) in [7, 11) is 0. The van der Waals surface area contributed by atoms with E-state index in [-0.39, 0.29) is 10.9 Å². The van der Waals surface area contributed by atoms with Gasteiger partial charge in [-0.1, -0.05) is 30.1 Å². The van der Waals surface area contributed by atoms with Gasteiger partial charge in [0.25, 0.3) is 11.8 Å². The van der Waals surface area contributed by atoms with Crippen LogP contribution < -0.4 is 16.4 Å². The fourth-order valence-electron chi connectivity index (χ4n) is 3.66. The zero-order valence-corrected chi connectivity index (χ0v) is 20.1. The molecule has 0 bridgehead atoms. The molecule has 2 aromatic heterocycles. The molecular formula is C22H19Cl2N3O3S2. The molecule has 1 atom stereocenters. The summed E-state index contributed by atoms with van der Waals surface area (Å²) in [5.41, 5.74) is 7.75. The van der Waals surface area contributed by atoms with Gasteiger partial charge < -0.3 is 15.5 Å². The van der Waals surface area contributed by atoms with Crippen molar-refractivity contribution in [1.82, 2.24) is 5.32 Å². The van der Waals surface area contributed by atoms with Gasteiger partial charge in [0.1, 0.15) is 10.8 Å². The molecule has 0 spiro atoms. The first-order valence-corrected chi connectivity index (χ1v) is 11.8. The molecule has 10 heteroatoms. The summed E-state index contributed by atoms with van der Waals surface area (Å²) in [4.78, 5) is 25.8. The van der Waals surface area contributed by atoms with E-state index in [1.165, 1.54) is 17.4 Å². The minimum Gasteiger partial charge on any atom is -0.451 e. The van der Waals surface area contributed by atoms with Gasteiger partial charge in [-0.25, -0.2) is 0 Å². The van der Waals surface area contributed by atoms with Gasteiger partial charge in [-0.05, 0) is 73.3 Å². The van der Waals surface area contributed by atoms with Crippen molar-refractivity contribution in [3.05, 3.63) is 62.1 Å². The maximum Gasteiger partial charge on any atom is 0.293 e. The lowest BCUT2D eigenvalue weighted by molar-refractivity contribution is 0.0950. The van der Waals surface area contributed by atoms with Crippen molar-refractivity contribution < 1.29 is 14.0 Å². The molecule has 1 aromatic carbocycles. The molecule has 0 saturated heterocycles. The number of nitrogens with two attached hydrogens (primary N) is 1. The summed E-state index contributed by atoms with van der Waals surface area (Å²) in [5, 5.41) is 6.96. The lowest BCUT2D eigenvalue weighted by atomic mass is 9.88. The van der Waals surface area contributed by atoms with Crippen LogP contribution in [0.4, 0.5) is 5.00 Å². The van der Waals surface area contributed by atoms with Crippen molar-refractivity contribution in [2.24, 2.45) is 11.7 Å². The average molecular weight is 508 g/mol. The summed E-state index contributed by atoms with van der Waals surface area (Å²) < 4.78 is 5.64. The van der Waals surface area contributed by atoms with Gasteiger partial charge in [0.05, 0.1) is 15.6 Å². The van der Waals surface area contributed by atoms with E-state index in [0.717, 1.165) is 29.7 Å². The number of thiocarbonyl (C=S) groups is 1. The smallest absolute Gasteiger partial charge is 0.293 e. The number of carbonyl (C=O) groups is 2. The summed E-state index contributed by atoms with van der Waals surface area (Å²) in [6, 6.07) is 8.24. The van der Waals surface area contributed by atoms with Crippen LogP contribution in [0.5, 0.6) is 0 Å². The predicted octanol–water partition coefficient (Wildman–Crippen LogP) is 5.67. The Morgan fingerprint density at radius 2 is 2.00 bits per heavy atom. The van der Waals surface area contributed by atoms with Crippen LogP contribution in [0.2, 0.25) is 10.0 Å². The van der Waals surface area contributed by atoms with E-state index < -0.39 is 11.8 Å². The number of hydrogen-bond donors (Lipinski definition) is 3. The number of primary amides is 1. The third kappa shape index (κ3) is 4.68. The van der Waals surface area contributed by atoms with Crippen LogP contribution in [0.1, 0.15) is 44.7 Å². The Balaban J connectivity index is 1.47. The first-order chi connectivity index (χ1) is 15.2. The summed E-state index contributed by atoms with van der Waals surface area (Å²) in [6.07, 6.45) is 2.70. The number of furan rings is 1. The molecule has 4 rings (SSSR count). The topological polar surface area (TPSA) is 97.4 Å². The maximum atomic E-state index is 12.6. The third-order valence-corrected chi connectivity index (χ3v) is 7.36. The summed E-state index contributed by atoms with van der Waals surface area (Å²) >= 11 is 18.7. The number of amides is 2. The molecule has 4 N–H and O–H groups in total. The fourth-order valence-corrected chi connectivity index (χ4v) is 5.64. The quantitative estimate of drug-likeness (QED) is 0.395. The van der Waals surface area contributed by atoms with Gasteiger partial charge in [-0.15, -0.1) is 11.3 Å².